The predicted molar refractivity (Wildman–Crippen MR) is 68.8 cm³/mol. The largest absolute Gasteiger partial charge is 0.497 e. The number of nitrogens with zero attached hydrogens (tertiary/aromatic N) is 1. The third kappa shape index (κ3) is 2.08. The Bertz CT molecular complexity index is 686. The van der Waals surface area contributed by atoms with Crippen LogP contribution >= 0.6 is 11.6 Å². The number of aromatic amines is 1. The van der Waals surface area contributed by atoms with E-state index in [0.29, 0.717) is 21.9 Å². The summed E-state index contributed by atoms with van der Waals surface area (Å²) >= 11 is 6.12. The summed E-state index contributed by atoms with van der Waals surface area (Å²) in [5.41, 5.74) is 0.750. The quantitative estimate of drug-likeness (QED) is 0.902. The Morgan fingerprint density at radius 2 is 2.11 bits per heavy atom. The van der Waals surface area contributed by atoms with Gasteiger partial charge in [-0.05, 0) is 24.3 Å². The lowest BCUT2D eigenvalue weighted by Gasteiger charge is -2.07. The maximum absolute atomic E-state index is 11.5. The first-order chi connectivity index (χ1) is 8.67. The van der Waals surface area contributed by atoms with Gasteiger partial charge in [-0.15, -0.1) is 0 Å². The van der Waals surface area contributed by atoms with Gasteiger partial charge < -0.3 is 9.72 Å². The van der Waals surface area contributed by atoms with E-state index in [2.05, 4.69) is 4.98 Å². The number of nitriles is 1. The zero-order valence-electron chi connectivity index (χ0n) is 9.53. The van der Waals surface area contributed by atoms with E-state index in [1.54, 1.807) is 31.4 Å². The zero-order valence-corrected chi connectivity index (χ0v) is 10.3. The van der Waals surface area contributed by atoms with Gasteiger partial charge >= 0.3 is 0 Å². The van der Waals surface area contributed by atoms with Crippen molar-refractivity contribution >= 4 is 11.6 Å². The standard InChI is InChI=1S/C13H9ClN2O2/c1-18-8-2-3-10(12(14)6-8)9-4-5-16-13(17)11(9)7-15/h2-6H,1H3,(H,16,17). The number of nitrogens with one attached hydrogen (secondary N) is 1. The summed E-state index contributed by atoms with van der Waals surface area (Å²) in [5, 5.41) is 9.44. The molecular weight excluding hydrogens is 252 g/mol. The summed E-state index contributed by atoms with van der Waals surface area (Å²) in [6.45, 7) is 0. The summed E-state index contributed by atoms with van der Waals surface area (Å²) in [7, 11) is 1.54. The first-order valence-corrected chi connectivity index (χ1v) is 5.51. The summed E-state index contributed by atoms with van der Waals surface area (Å²) in [4.78, 5) is 14.0. The number of aromatic nitrogens is 1. The van der Waals surface area contributed by atoms with E-state index >= 15 is 0 Å². The molecule has 90 valence electrons. The van der Waals surface area contributed by atoms with Crippen molar-refractivity contribution < 1.29 is 4.74 Å². The lowest BCUT2D eigenvalue weighted by molar-refractivity contribution is 0.415. The van der Waals surface area contributed by atoms with Crippen molar-refractivity contribution in [3.05, 3.63) is 51.4 Å². The number of ether oxygens (including phenoxy) is 1. The lowest BCUT2D eigenvalue weighted by Crippen LogP contribution is -2.10. The van der Waals surface area contributed by atoms with Gasteiger partial charge in [-0.2, -0.15) is 5.26 Å². The number of halogens is 1. The van der Waals surface area contributed by atoms with Crippen LogP contribution in [0.2, 0.25) is 5.02 Å². The molecule has 0 aliphatic carbocycles. The number of methoxy groups -OCH3 is 1. The highest BCUT2D eigenvalue weighted by Gasteiger charge is 2.12. The summed E-state index contributed by atoms with van der Waals surface area (Å²) < 4.78 is 5.05. The van der Waals surface area contributed by atoms with Crippen molar-refractivity contribution in [2.75, 3.05) is 7.11 Å². The fourth-order valence-electron chi connectivity index (χ4n) is 1.66. The van der Waals surface area contributed by atoms with Crippen molar-refractivity contribution in [2.24, 2.45) is 0 Å². The number of benzene rings is 1. The molecule has 1 aromatic carbocycles. The zero-order chi connectivity index (χ0) is 13.1. The smallest absolute Gasteiger partial charge is 0.266 e. The molecule has 4 nitrogen and oxygen atoms in total. The van der Waals surface area contributed by atoms with Gasteiger partial charge in [0.1, 0.15) is 17.4 Å². The third-order valence-electron chi connectivity index (χ3n) is 2.54. The summed E-state index contributed by atoms with van der Waals surface area (Å²) in [6.07, 6.45) is 1.49. The van der Waals surface area contributed by atoms with Crippen molar-refractivity contribution in [2.45, 2.75) is 0 Å². The van der Waals surface area contributed by atoms with Crippen LogP contribution in [0, 0.1) is 11.3 Å². The molecule has 18 heavy (non-hydrogen) atoms. The van der Waals surface area contributed by atoms with Crippen LogP contribution in [0.5, 0.6) is 5.75 Å². The molecule has 1 heterocycles. The Morgan fingerprint density at radius 1 is 1.33 bits per heavy atom. The molecular formula is C13H9ClN2O2. The molecule has 0 fully saturated rings. The Kier molecular flexibility index (Phi) is 3.35. The monoisotopic (exact) mass is 260 g/mol. The lowest BCUT2D eigenvalue weighted by atomic mass is 10.0. The predicted octanol–water partition coefficient (Wildman–Crippen LogP) is 2.58. The molecule has 2 rings (SSSR count). The minimum Gasteiger partial charge on any atom is -0.497 e. The molecule has 0 saturated heterocycles. The minimum atomic E-state index is -0.429. The number of pyridine rings is 1. The second-order valence-electron chi connectivity index (χ2n) is 3.55. The molecule has 0 aliphatic rings. The van der Waals surface area contributed by atoms with Gasteiger partial charge in [0.05, 0.1) is 12.1 Å². The molecule has 0 bridgehead atoms. The Hall–Kier alpha value is -2.25. The van der Waals surface area contributed by atoms with Crippen molar-refractivity contribution in [1.29, 1.82) is 5.26 Å². The van der Waals surface area contributed by atoms with E-state index in [0.717, 1.165) is 0 Å². The molecule has 0 radical (unpaired) electrons. The van der Waals surface area contributed by atoms with Gasteiger partial charge in [-0.3, -0.25) is 4.79 Å². The van der Waals surface area contributed by atoms with Crippen LogP contribution in [0.3, 0.4) is 0 Å². The van der Waals surface area contributed by atoms with Crippen molar-refractivity contribution in [3.8, 4) is 22.9 Å². The van der Waals surface area contributed by atoms with Gasteiger partial charge in [0.25, 0.3) is 5.56 Å². The fraction of sp³-hybridized carbons (Fsp3) is 0.0769. The average molecular weight is 261 g/mol. The number of H-pyrrole nitrogens is 1. The van der Waals surface area contributed by atoms with E-state index in [-0.39, 0.29) is 5.56 Å². The van der Waals surface area contributed by atoms with Crippen molar-refractivity contribution in [1.82, 2.24) is 4.98 Å². The number of hydrogen-bond acceptors (Lipinski definition) is 3. The van der Waals surface area contributed by atoms with Crippen LogP contribution < -0.4 is 10.3 Å². The van der Waals surface area contributed by atoms with Crippen molar-refractivity contribution in [3.63, 3.8) is 0 Å². The first kappa shape index (κ1) is 12.2. The van der Waals surface area contributed by atoms with Gasteiger partial charge in [0.2, 0.25) is 0 Å². The highest BCUT2D eigenvalue weighted by Crippen LogP contribution is 2.31. The summed E-state index contributed by atoms with van der Waals surface area (Å²) in [5.74, 6) is 0.618. The second kappa shape index (κ2) is 4.94. The van der Waals surface area contributed by atoms with Gasteiger partial charge in [-0.1, -0.05) is 11.6 Å². The van der Waals surface area contributed by atoms with Gasteiger partial charge in [0, 0.05) is 17.3 Å². The van der Waals surface area contributed by atoms with Crippen LogP contribution in [0.15, 0.2) is 35.3 Å². The Labute approximate surface area is 108 Å². The Balaban J connectivity index is 2.67. The normalized spacial score (nSPS) is 9.83. The maximum atomic E-state index is 11.5. The van der Waals surface area contributed by atoms with E-state index in [1.165, 1.54) is 6.20 Å². The highest BCUT2D eigenvalue weighted by molar-refractivity contribution is 6.33. The van der Waals surface area contributed by atoms with Crippen LogP contribution in [0.1, 0.15) is 5.56 Å². The molecule has 1 N–H and O–H groups in total. The molecule has 0 unspecified atom stereocenters. The SMILES string of the molecule is COc1ccc(-c2cc[nH]c(=O)c2C#N)c(Cl)c1. The fourth-order valence-corrected chi connectivity index (χ4v) is 1.93. The first-order valence-electron chi connectivity index (χ1n) is 5.13. The molecule has 0 amide bonds. The number of rotatable bonds is 2. The molecule has 2 aromatic rings. The third-order valence-corrected chi connectivity index (χ3v) is 2.85. The summed E-state index contributed by atoms with van der Waals surface area (Å²) in [6, 6.07) is 8.61. The van der Waals surface area contributed by atoms with Gasteiger partial charge in [-0.25, -0.2) is 0 Å². The second-order valence-corrected chi connectivity index (χ2v) is 3.96. The van der Waals surface area contributed by atoms with Crippen LogP contribution in [-0.2, 0) is 0 Å². The topological polar surface area (TPSA) is 65.9 Å². The van der Waals surface area contributed by atoms with E-state index < -0.39 is 5.56 Å². The minimum absolute atomic E-state index is 0.0459. The van der Waals surface area contributed by atoms with E-state index in [4.69, 9.17) is 21.6 Å². The van der Waals surface area contributed by atoms with Crippen LogP contribution in [0.25, 0.3) is 11.1 Å². The van der Waals surface area contributed by atoms with Crippen LogP contribution in [-0.4, -0.2) is 12.1 Å². The molecule has 0 spiro atoms. The molecule has 5 heteroatoms. The van der Waals surface area contributed by atoms with Gasteiger partial charge in [0.15, 0.2) is 0 Å². The van der Waals surface area contributed by atoms with E-state index in [1.807, 2.05) is 6.07 Å². The molecule has 1 aromatic heterocycles. The number of hydrogen-bond donors (Lipinski definition) is 1. The Morgan fingerprint density at radius 3 is 2.72 bits per heavy atom. The van der Waals surface area contributed by atoms with Crippen LogP contribution in [0.4, 0.5) is 0 Å². The molecule has 0 saturated carbocycles. The maximum Gasteiger partial charge on any atom is 0.266 e. The molecule has 0 aliphatic heterocycles. The average Bonchev–Trinajstić information content (AvgIpc) is 2.38. The highest BCUT2D eigenvalue weighted by atomic mass is 35.5. The molecule has 0 atom stereocenters. The van der Waals surface area contributed by atoms with E-state index in [9.17, 15) is 4.79 Å².